The van der Waals surface area contributed by atoms with Gasteiger partial charge < -0.3 is 35.1 Å². The number of hydrogen-bond donors (Lipinski definition) is 4. The van der Waals surface area contributed by atoms with Gasteiger partial charge in [-0.05, 0) is 81.0 Å². The first kappa shape index (κ1) is 36.9. The van der Waals surface area contributed by atoms with Crippen LogP contribution in [0.4, 0.5) is 10.5 Å². The van der Waals surface area contributed by atoms with Gasteiger partial charge in [0.25, 0.3) is 5.91 Å². The largest absolute Gasteiger partial charge is 0.444 e. The highest BCUT2D eigenvalue weighted by Crippen LogP contribution is 2.30. The Hall–Kier alpha value is -5.91. The molecule has 3 aromatic carbocycles. The van der Waals surface area contributed by atoms with Gasteiger partial charge in [-0.1, -0.05) is 61.5 Å². The van der Waals surface area contributed by atoms with Crippen LogP contribution in [0.3, 0.4) is 0 Å². The molecule has 0 aliphatic carbocycles. The maximum absolute atomic E-state index is 14.0. The lowest BCUT2D eigenvalue weighted by atomic mass is 10.0. The topological polar surface area (TPSA) is 153 Å². The Morgan fingerprint density at radius 1 is 0.962 bits per heavy atom. The van der Waals surface area contributed by atoms with E-state index in [2.05, 4.69) is 25.6 Å². The summed E-state index contributed by atoms with van der Waals surface area (Å²) in [4.78, 5) is 67.0. The number of likely N-dealkylation sites (tertiary alicyclic amines) is 1. The summed E-state index contributed by atoms with van der Waals surface area (Å²) in [7, 11) is 0. The molecule has 0 radical (unpaired) electrons. The van der Waals surface area contributed by atoms with Crippen molar-refractivity contribution in [3.63, 3.8) is 0 Å². The molecule has 12 nitrogen and oxygen atoms in total. The Bertz CT molecular complexity index is 2080. The van der Waals surface area contributed by atoms with Crippen molar-refractivity contribution in [2.75, 3.05) is 18.4 Å². The number of benzene rings is 3. The van der Waals surface area contributed by atoms with Gasteiger partial charge in [-0.25, -0.2) is 9.78 Å². The van der Waals surface area contributed by atoms with Crippen LogP contribution in [0, 0.1) is 0 Å². The molecular formula is C41H47N7O5. The number of ether oxygens (including phenoxy) is 1. The van der Waals surface area contributed by atoms with E-state index in [9.17, 15) is 19.2 Å². The van der Waals surface area contributed by atoms with E-state index < -0.39 is 23.8 Å². The SMILES string of the molecule is CCCN(Cc1ncc(-c2ccc(-c3cc4cc(NC(=O)[C@@H]5CCCN5C(=O)[C@H](NC(=O)OC(C)(C)C)c5ccccc5)ccc4[nH]3)cc2)[nH]1)C(C)=O. The highest BCUT2D eigenvalue weighted by atomic mass is 16.6. The van der Waals surface area contributed by atoms with Crippen LogP contribution in [-0.4, -0.2) is 73.3 Å². The molecule has 1 aliphatic rings. The lowest BCUT2D eigenvalue weighted by molar-refractivity contribution is -0.138. The van der Waals surface area contributed by atoms with Gasteiger partial charge in [-0.3, -0.25) is 14.4 Å². The van der Waals surface area contributed by atoms with Gasteiger partial charge in [-0.2, -0.15) is 0 Å². The maximum atomic E-state index is 14.0. The summed E-state index contributed by atoms with van der Waals surface area (Å²) in [6.45, 7) is 10.4. The molecule has 0 spiro atoms. The third kappa shape index (κ3) is 8.94. The van der Waals surface area contributed by atoms with Crippen molar-refractivity contribution in [1.29, 1.82) is 0 Å². The number of fused-ring (bicyclic) bond motifs is 1. The quantitative estimate of drug-likeness (QED) is 0.114. The number of alkyl carbamates (subject to hydrolysis) is 1. The number of amides is 4. The number of aromatic amines is 2. The number of anilines is 1. The molecule has 0 saturated carbocycles. The molecule has 1 fully saturated rings. The number of nitrogens with one attached hydrogen (secondary N) is 4. The molecule has 276 valence electrons. The Morgan fingerprint density at radius 2 is 1.68 bits per heavy atom. The lowest BCUT2D eigenvalue weighted by Crippen LogP contribution is -2.49. The molecule has 2 atom stereocenters. The first-order valence-electron chi connectivity index (χ1n) is 18.1. The zero-order valence-electron chi connectivity index (χ0n) is 30.9. The van der Waals surface area contributed by atoms with Gasteiger partial charge in [0, 0.05) is 42.3 Å². The van der Waals surface area contributed by atoms with E-state index in [4.69, 9.17) is 4.74 Å². The number of rotatable bonds is 11. The molecule has 4 amide bonds. The maximum Gasteiger partial charge on any atom is 0.408 e. The van der Waals surface area contributed by atoms with Crippen molar-refractivity contribution in [2.24, 2.45) is 0 Å². The number of imidazole rings is 1. The molecule has 0 bridgehead atoms. The standard InChI is InChI=1S/C41H47N7O5/c1-6-20-47(26(2)49)25-36-42-24-34(45-36)28-16-14-27(15-17-28)33-23-30-22-31(18-19-32(30)44-33)43-38(50)35-13-10-21-48(35)39(51)37(29-11-8-7-9-12-29)46-40(52)53-41(3,4)5/h7-9,11-12,14-19,22-24,35,37,44H,6,10,13,20-21,25H2,1-5H3,(H,42,45)(H,43,50)(H,46,52)/t35-,37+/m0/s1. The van der Waals surface area contributed by atoms with Gasteiger partial charge in [0.15, 0.2) is 0 Å². The summed E-state index contributed by atoms with van der Waals surface area (Å²) in [6.07, 6.45) is 3.14. The summed E-state index contributed by atoms with van der Waals surface area (Å²) < 4.78 is 5.45. The molecule has 6 rings (SSSR count). The Labute approximate surface area is 309 Å². The summed E-state index contributed by atoms with van der Waals surface area (Å²) in [6, 6.07) is 23.1. The second kappa shape index (κ2) is 15.8. The molecule has 2 aromatic heterocycles. The van der Waals surface area contributed by atoms with Gasteiger partial charge in [-0.15, -0.1) is 0 Å². The minimum absolute atomic E-state index is 0.0256. The fraction of sp³-hybridized carbons (Fsp3) is 0.341. The third-order valence-electron chi connectivity index (χ3n) is 9.18. The van der Waals surface area contributed by atoms with Gasteiger partial charge >= 0.3 is 6.09 Å². The Morgan fingerprint density at radius 3 is 2.36 bits per heavy atom. The zero-order chi connectivity index (χ0) is 37.7. The van der Waals surface area contributed by atoms with Crippen molar-refractivity contribution in [1.82, 2.24) is 30.1 Å². The first-order chi connectivity index (χ1) is 25.4. The van der Waals surface area contributed by atoms with Crippen LogP contribution in [0.25, 0.3) is 33.4 Å². The number of nitrogens with zero attached hydrogens (tertiary/aromatic N) is 3. The van der Waals surface area contributed by atoms with Crippen LogP contribution in [0.5, 0.6) is 0 Å². The van der Waals surface area contributed by atoms with Crippen molar-refractivity contribution in [2.45, 2.75) is 78.1 Å². The summed E-state index contributed by atoms with van der Waals surface area (Å²) in [5.74, 6) is 0.116. The average Bonchev–Trinajstić information content (AvgIpc) is 3.90. The molecule has 1 saturated heterocycles. The molecule has 12 heteroatoms. The highest BCUT2D eigenvalue weighted by Gasteiger charge is 2.39. The van der Waals surface area contributed by atoms with Crippen molar-refractivity contribution in [3.05, 3.63) is 96.4 Å². The van der Waals surface area contributed by atoms with Crippen LogP contribution in [0.15, 0.2) is 85.1 Å². The summed E-state index contributed by atoms with van der Waals surface area (Å²) in [5, 5.41) is 6.68. The Kier molecular flexibility index (Phi) is 11.0. The predicted octanol–water partition coefficient (Wildman–Crippen LogP) is 7.18. The molecule has 5 aromatic rings. The van der Waals surface area contributed by atoms with Gasteiger partial charge in [0.2, 0.25) is 11.8 Å². The van der Waals surface area contributed by atoms with Crippen molar-refractivity contribution >= 4 is 40.4 Å². The summed E-state index contributed by atoms with van der Waals surface area (Å²) >= 11 is 0. The second-order valence-electron chi connectivity index (χ2n) is 14.4. The molecule has 1 aliphatic heterocycles. The smallest absolute Gasteiger partial charge is 0.408 e. The van der Waals surface area contributed by atoms with Crippen molar-refractivity contribution in [3.8, 4) is 22.5 Å². The molecule has 3 heterocycles. The monoisotopic (exact) mass is 717 g/mol. The molecule has 53 heavy (non-hydrogen) atoms. The first-order valence-corrected chi connectivity index (χ1v) is 18.1. The minimum Gasteiger partial charge on any atom is -0.444 e. The third-order valence-corrected chi connectivity index (χ3v) is 9.18. The fourth-order valence-electron chi connectivity index (χ4n) is 6.64. The lowest BCUT2D eigenvalue weighted by Gasteiger charge is -2.29. The number of carbonyl (C=O) groups is 4. The van der Waals surface area contributed by atoms with Crippen LogP contribution in [0.1, 0.15) is 71.3 Å². The van der Waals surface area contributed by atoms with Crippen LogP contribution in [0.2, 0.25) is 0 Å². The van der Waals surface area contributed by atoms with Gasteiger partial charge in [0.05, 0.1) is 18.4 Å². The fourth-order valence-corrected chi connectivity index (χ4v) is 6.64. The zero-order valence-corrected chi connectivity index (χ0v) is 30.9. The van der Waals surface area contributed by atoms with E-state index >= 15 is 0 Å². The predicted molar refractivity (Wildman–Crippen MR) is 205 cm³/mol. The number of aromatic nitrogens is 3. The van der Waals surface area contributed by atoms with E-state index in [1.807, 2.05) is 61.5 Å². The summed E-state index contributed by atoms with van der Waals surface area (Å²) in [5.41, 5.74) is 5.17. The van der Waals surface area contributed by atoms with E-state index in [1.54, 1.807) is 68.0 Å². The molecule has 0 unspecified atom stereocenters. The number of H-pyrrole nitrogens is 2. The molecular weight excluding hydrogens is 670 g/mol. The normalized spacial score (nSPS) is 14.9. The van der Waals surface area contributed by atoms with Crippen molar-refractivity contribution < 1.29 is 23.9 Å². The van der Waals surface area contributed by atoms with Crippen LogP contribution < -0.4 is 10.6 Å². The Balaban J connectivity index is 1.13. The number of hydrogen-bond acceptors (Lipinski definition) is 6. The van der Waals surface area contributed by atoms with E-state index in [1.165, 1.54) is 0 Å². The second-order valence-corrected chi connectivity index (χ2v) is 14.4. The average molecular weight is 718 g/mol. The van der Waals surface area contributed by atoms with Crippen LogP contribution >= 0.6 is 0 Å². The number of carbonyl (C=O) groups excluding carboxylic acids is 4. The molecule has 4 N–H and O–H groups in total. The van der Waals surface area contributed by atoms with E-state index in [0.717, 1.165) is 45.7 Å². The van der Waals surface area contributed by atoms with E-state index in [-0.39, 0.29) is 17.7 Å². The van der Waals surface area contributed by atoms with E-state index in [0.29, 0.717) is 43.7 Å². The van der Waals surface area contributed by atoms with Gasteiger partial charge in [0.1, 0.15) is 23.5 Å². The highest BCUT2D eigenvalue weighted by molar-refractivity contribution is 6.00. The van der Waals surface area contributed by atoms with Crippen LogP contribution in [-0.2, 0) is 25.7 Å². The minimum atomic E-state index is -1.01.